The van der Waals surface area contributed by atoms with Gasteiger partial charge in [0.2, 0.25) is 0 Å². The van der Waals surface area contributed by atoms with Crippen molar-refractivity contribution in [2.75, 3.05) is 13.1 Å². The van der Waals surface area contributed by atoms with Gasteiger partial charge in [-0.3, -0.25) is 4.99 Å². The van der Waals surface area contributed by atoms with Crippen LogP contribution in [0, 0.1) is 6.92 Å². The molecule has 1 aliphatic carbocycles. The van der Waals surface area contributed by atoms with Crippen LogP contribution in [0.3, 0.4) is 0 Å². The van der Waals surface area contributed by atoms with Crippen molar-refractivity contribution in [1.82, 2.24) is 5.32 Å². The van der Waals surface area contributed by atoms with Gasteiger partial charge in [-0.1, -0.05) is 24.3 Å². The number of aliphatic imine (C=N–C) groups is 1. The maximum atomic E-state index is 4.52. The first-order valence-electron chi connectivity index (χ1n) is 6.13. The van der Waals surface area contributed by atoms with E-state index < -0.39 is 0 Å². The first-order chi connectivity index (χ1) is 7.80. The van der Waals surface area contributed by atoms with Crippen molar-refractivity contribution >= 4 is 5.84 Å². The Bertz CT molecular complexity index is 430. The summed E-state index contributed by atoms with van der Waals surface area (Å²) in [6.45, 7) is 4.21. The predicted molar refractivity (Wildman–Crippen MR) is 67.0 cm³/mol. The van der Waals surface area contributed by atoms with Gasteiger partial charge in [0.1, 0.15) is 0 Å². The normalized spacial score (nSPS) is 21.4. The molecule has 2 nitrogen and oxygen atoms in total. The number of hydrogen-bond acceptors (Lipinski definition) is 2. The molecular weight excluding hydrogens is 196 g/mol. The Labute approximate surface area is 96.8 Å². The van der Waals surface area contributed by atoms with Crippen molar-refractivity contribution in [3.63, 3.8) is 0 Å². The lowest BCUT2D eigenvalue weighted by Gasteiger charge is -2.18. The van der Waals surface area contributed by atoms with Crippen molar-refractivity contribution in [3.8, 4) is 0 Å². The van der Waals surface area contributed by atoms with Gasteiger partial charge in [-0.15, -0.1) is 0 Å². The highest BCUT2D eigenvalue weighted by Crippen LogP contribution is 2.52. The summed E-state index contributed by atoms with van der Waals surface area (Å²) in [6, 6.07) is 8.80. The largest absolute Gasteiger partial charge is 0.372 e. The van der Waals surface area contributed by atoms with Crippen LogP contribution in [-0.4, -0.2) is 18.9 Å². The lowest BCUT2D eigenvalue weighted by Crippen LogP contribution is -2.24. The Morgan fingerprint density at radius 1 is 1.31 bits per heavy atom. The monoisotopic (exact) mass is 214 g/mol. The van der Waals surface area contributed by atoms with Crippen LogP contribution in [0.4, 0.5) is 0 Å². The van der Waals surface area contributed by atoms with Crippen molar-refractivity contribution in [3.05, 3.63) is 35.4 Å². The molecule has 2 aliphatic rings. The molecule has 1 saturated carbocycles. The summed E-state index contributed by atoms with van der Waals surface area (Å²) >= 11 is 0. The van der Waals surface area contributed by atoms with Crippen molar-refractivity contribution in [2.45, 2.75) is 31.6 Å². The SMILES string of the molecule is Cc1ccccc1C1(CC2=NCCN2)CC1. The molecule has 1 aliphatic heterocycles. The number of nitrogens with zero attached hydrogens (tertiary/aromatic N) is 1. The van der Waals surface area contributed by atoms with E-state index in [4.69, 9.17) is 0 Å². The molecule has 1 N–H and O–H groups in total. The highest BCUT2D eigenvalue weighted by atomic mass is 15.1. The third-order valence-electron chi connectivity index (χ3n) is 3.82. The van der Waals surface area contributed by atoms with E-state index in [1.807, 2.05) is 0 Å². The van der Waals surface area contributed by atoms with Crippen molar-refractivity contribution in [1.29, 1.82) is 0 Å². The van der Waals surface area contributed by atoms with E-state index in [0.29, 0.717) is 5.41 Å². The smallest absolute Gasteiger partial charge is 0.0973 e. The summed E-state index contributed by atoms with van der Waals surface area (Å²) in [5.41, 5.74) is 3.37. The molecule has 0 aromatic heterocycles. The number of rotatable bonds is 3. The summed E-state index contributed by atoms with van der Waals surface area (Å²) in [6.07, 6.45) is 3.74. The molecule has 0 amide bonds. The van der Waals surface area contributed by atoms with Crippen LogP contribution in [0.2, 0.25) is 0 Å². The first-order valence-corrected chi connectivity index (χ1v) is 6.13. The second-order valence-corrected chi connectivity index (χ2v) is 5.03. The standard InChI is InChI=1S/C14H18N2/c1-11-4-2-3-5-12(11)14(6-7-14)10-13-15-8-9-16-13/h2-5H,6-10H2,1H3,(H,15,16). The lowest BCUT2D eigenvalue weighted by molar-refractivity contribution is 0.712. The highest BCUT2D eigenvalue weighted by Gasteiger charge is 2.45. The lowest BCUT2D eigenvalue weighted by atomic mass is 9.88. The average molecular weight is 214 g/mol. The van der Waals surface area contributed by atoms with Crippen LogP contribution in [0.5, 0.6) is 0 Å². The average Bonchev–Trinajstić information content (AvgIpc) is 2.87. The Morgan fingerprint density at radius 2 is 2.12 bits per heavy atom. The summed E-state index contributed by atoms with van der Waals surface area (Å²) in [5.74, 6) is 1.22. The minimum absolute atomic E-state index is 0.404. The van der Waals surface area contributed by atoms with Crippen LogP contribution in [0.25, 0.3) is 0 Å². The molecule has 1 fully saturated rings. The van der Waals surface area contributed by atoms with Crippen LogP contribution in [-0.2, 0) is 5.41 Å². The molecule has 2 heteroatoms. The molecule has 1 heterocycles. The zero-order valence-electron chi connectivity index (χ0n) is 9.79. The number of nitrogens with one attached hydrogen (secondary N) is 1. The van der Waals surface area contributed by atoms with Gasteiger partial charge >= 0.3 is 0 Å². The fourth-order valence-electron chi connectivity index (χ4n) is 2.75. The van der Waals surface area contributed by atoms with Gasteiger partial charge in [0.15, 0.2) is 0 Å². The van der Waals surface area contributed by atoms with Gasteiger partial charge in [-0.2, -0.15) is 0 Å². The molecule has 0 spiro atoms. The molecular formula is C14H18N2. The van der Waals surface area contributed by atoms with Crippen LogP contribution >= 0.6 is 0 Å². The third-order valence-corrected chi connectivity index (χ3v) is 3.82. The number of aryl methyl sites for hydroxylation is 1. The minimum Gasteiger partial charge on any atom is -0.372 e. The van der Waals surface area contributed by atoms with E-state index in [-0.39, 0.29) is 0 Å². The van der Waals surface area contributed by atoms with Gasteiger partial charge in [-0.05, 0) is 30.9 Å². The number of amidine groups is 1. The zero-order valence-corrected chi connectivity index (χ0v) is 9.79. The first kappa shape index (κ1) is 9.88. The van der Waals surface area contributed by atoms with Gasteiger partial charge in [0.25, 0.3) is 0 Å². The van der Waals surface area contributed by atoms with E-state index in [1.165, 1.54) is 29.8 Å². The van der Waals surface area contributed by atoms with Crippen LogP contribution in [0.15, 0.2) is 29.3 Å². The van der Waals surface area contributed by atoms with Gasteiger partial charge in [0, 0.05) is 18.4 Å². The molecule has 0 bridgehead atoms. The fraction of sp³-hybridized carbons (Fsp3) is 0.500. The minimum atomic E-state index is 0.404. The molecule has 0 atom stereocenters. The Kier molecular flexibility index (Phi) is 2.23. The Hall–Kier alpha value is -1.31. The van der Waals surface area contributed by atoms with Crippen LogP contribution < -0.4 is 5.32 Å². The molecule has 1 aromatic carbocycles. The highest BCUT2D eigenvalue weighted by molar-refractivity contribution is 5.85. The van der Waals surface area contributed by atoms with E-state index in [9.17, 15) is 0 Å². The molecule has 84 valence electrons. The van der Waals surface area contributed by atoms with Crippen molar-refractivity contribution in [2.24, 2.45) is 4.99 Å². The van der Waals surface area contributed by atoms with E-state index in [0.717, 1.165) is 19.5 Å². The summed E-state index contributed by atoms with van der Waals surface area (Å²) < 4.78 is 0. The number of hydrogen-bond donors (Lipinski definition) is 1. The summed E-state index contributed by atoms with van der Waals surface area (Å²) in [7, 11) is 0. The maximum absolute atomic E-state index is 4.52. The molecule has 16 heavy (non-hydrogen) atoms. The van der Waals surface area contributed by atoms with Crippen molar-refractivity contribution < 1.29 is 0 Å². The van der Waals surface area contributed by atoms with E-state index >= 15 is 0 Å². The second kappa shape index (κ2) is 3.62. The third kappa shape index (κ3) is 1.62. The fourth-order valence-corrected chi connectivity index (χ4v) is 2.75. The van der Waals surface area contributed by atoms with Crippen LogP contribution in [0.1, 0.15) is 30.4 Å². The van der Waals surface area contributed by atoms with E-state index in [1.54, 1.807) is 0 Å². The topological polar surface area (TPSA) is 24.4 Å². The van der Waals surface area contributed by atoms with Gasteiger partial charge in [-0.25, -0.2) is 0 Å². The predicted octanol–water partition coefficient (Wildman–Crippen LogP) is 2.42. The summed E-state index contributed by atoms with van der Waals surface area (Å²) in [4.78, 5) is 4.52. The molecule has 0 saturated heterocycles. The quantitative estimate of drug-likeness (QED) is 0.821. The zero-order chi connectivity index (χ0) is 11.0. The van der Waals surface area contributed by atoms with E-state index in [2.05, 4.69) is 41.5 Å². The van der Waals surface area contributed by atoms with Gasteiger partial charge in [0.05, 0.1) is 12.4 Å². The Morgan fingerprint density at radius 3 is 2.75 bits per heavy atom. The molecule has 1 aromatic rings. The molecule has 3 rings (SSSR count). The Balaban J connectivity index is 1.85. The van der Waals surface area contributed by atoms with Gasteiger partial charge < -0.3 is 5.32 Å². The number of benzene rings is 1. The molecule has 0 unspecified atom stereocenters. The maximum Gasteiger partial charge on any atom is 0.0973 e. The second-order valence-electron chi connectivity index (χ2n) is 5.03. The molecule has 0 radical (unpaired) electrons. The summed E-state index contributed by atoms with van der Waals surface area (Å²) in [5, 5.41) is 3.39.